The van der Waals surface area contributed by atoms with E-state index in [2.05, 4.69) is 16.5 Å². The van der Waals surface area contributed by atoms with Gasteiger partial charge in [-0.1, -0.05) is 48.3 Å². The largest absolute Gasteiger partial charge is 0.505 e. The number of benzene rings is 1. The quantitative estimate of drug-likeness (QED) is 0.128. The number of carbonyl (C=O) groups is 3. The van der Waals surface area contributed by atoms with Crippen molar-refractivity contribution in [1.29, 1.82) is 0 Å². The molecule has 0 saturated carbocycles. The average Bonchev–Trinajstić information content (AvgIpc) is 3.53. The van der Waals surface area contributed by atoms with Crippen LogP contribution in [0.3, 0.4) is 0 Å². The van der Waals surface area contributed by atoms with Crippen LogP contribution in [-0.4, -0.2) is 43.7 Å². The zero-order valence-corrected chi connectivity index (χ0v) is 21.2. The molecule has 1 aliphatic heterocycles. The molecule has 0 bridgehead atoms. The van der Waals surface area contributed by atoms with Gasteiger partial charge in [-0.2, -0.15) is 0 Å². The van der Waals surface area contributed by atoms with Crippen molar-refractivity contribution in [2.24, 2.45) is 0 Å². The molecular weight excluding hydrogens is 511 g/mol. The maximum atomic E-state index is 15.2. The van der Waals surface area contributed by atoms with Crippen molar-refractivity contribution < 1.29 is 28.6 Å². The van der Waals surface area contributed by atoms with Crippen molar-refractivity contribution in [1.82, 2.24) is 14.4 Å². The Bertz CT molecular complexity index is 1670. The third kappa shape index (κ3) is 3.97. The molecule has 1 saturated heterocycles. The SMILES string of the molecule is C=CCOC(=O)c1sc(N2C(=O)C(=O)C(=C(O)c3c(C)nc4ccccn34)C2c2ccccc2F)nc1C. The molecule has 4 heterocycles. The van der Waals surface area contributed by atoms with Crippen molar-refractivity contribution in [3.63, 3.8) is 0 Å². The van der Waals surface area contributed by atoms with Crippen molar-refractivity contribution in [3.05, 3.63) is 100 Å². The first-order valence-electron chi connectivity index (χ1n) is 11.5. The lowest BCUT2D eigenvalue weighted by atomic mass is 9.96. The van der Waals surface area contributed by atoms with E-state index >= 15 is 4.39 Å². The van der Waals surface area contributed by atoms with Gasteiger partial charge >= 0.3 is 11.9 Å². The molecule has 11 heteroatoms. The summed E-state index contributed by atoms with van der Waals surface area (Å²) in [7, 11) is 0. The molecule has 3 aromatic heterocycles. The number of aliphatic hydroxyl groups is 1. The fourth-order valence-corrected chi connectivity index (χ4v) is 5.41. The molecule has 192 valence electrons. The average molecular weight is 533 g/mol. The van der Waals surface area contributed by atoms with Gasteiger partial charge in [-0.05, 0) is 32.0 Å². The fraction of sp³-hybridized carbons (Fsp3) is 0.148. The number of thiazole rings is 1. The number of esters is 1. The minimum atomic E-state index is -1.35. The molecule has 9 nitrogen and oxygen atoms in total. The second-order valence-electron chi connectivity index (χ2n) is 8.46. The summed E-state index contributed by atoms with van der Waals surface area (Å²) in [6.45, 7) is 6.69. The Morgan fingerprint density at radius 3 is 2.63 bits per heavy atom. The Balaban J connectivity index is 1.73. The lowest BCUT2D eigenvalue weighted by molar-refractivity contribution is -0.132. The molecule has 1 amide bonds. The number of halogens is 1. The van der Waals surface area contributed by atoms with Crippen LogP contribution in [-0.2, 0) is 14.3 Å². The minimum absolute atomic E-state index is 0.0164. The molecule has 4 aromatic rings. The highest BCUT2D eigenvalue weighted by Gasteiger charge is 2.49. The van der Waals surface area contributed by atoms with Gasteiger partial charge in [0, 0.05) is 11.8 Å². The number of pyridine rings is 1. The maximum Gasteiger partial charge on any atom is 0.350 e. The molecule has 0 aliphatic carbocycles. The molecule has 1 N–H and O–H groups in total. The molecule has 1 aliphatic rings. The number of hydrogen-bond acceptors (Lipinski definition) is 8. The van der Waals surface area contributed by atoms with Crippen molar-refractivity contribution in [2.45, 2.75) is 19.9 Å². The molecule has 1 fully saturated rings. The third-order valence-electron chi connectivity index (χ3n) is 6.08. The number of rotatable bonds is 6. The number of Topliss-reactive ketones (excluding diaryl/α,β-unsaturated/α-hetero) is 1. The molecule has 5 rings (SSSR count). The molecule has 0 radical (unpaired) electrons. The van der Waals surface area contributed by atoms with Crippen LogP contribution in [0.15, 0.2) is 66.9 Å². The Labute approximate surface area is 220 Å². The summed E-state index contributed by atoms with van der Waals surface area (Å²) < 4.78 is 21.9. The van der Waals surface area contributed by atoms with Gasteiger partial charge in [0.15, 0.2) is 10.9 Å². The summed E-state index contributed by atoms with van der Waals surface area (Å²) in [5.74, 6) is -3.92. The number of ether oxygens (including phenoxy) is 1. The standard InChI is InChI=1S/C27H21FN4O5S/c1-4-13-37-26(36)24-15(3)30-27(38-24)32-21(16-9-5-6-10-17(16)28)19(23(34)25(32)35)22(33)20-14(2)29-18-11-7-8-12-31(18)20/h4-12,21,33H,1,13H2,2-3H3. The molecule has 38 heavy (non-hydrogen) atoms. The van der Waals surface area contributed by atoms with Crippen LogP contribution in [0.4, 0.5) is 9.52 Å². The van der Waals surface area contributed by atoms with E-state index < -0.39 is 35.3 Å². The van der Waals surface area contributed by atoms with E-state index in [1.54, 1.807) is 48.7 Å². The lowest BCUT2D eigenvalue weighted by Crippen LogP contribution is -2.29. The number of aliphatic hydroxyl groups excluding tert-OH is 1. The summed E-state index contributed by atoms with van der Waals surface area (Å²) in [6, 6.07) is 9.52. The molecular formula is C27H21FN4O5S. The van der Waals surface area contributed by atoms with E-state index in [9.17, 15) is 19.5 Å². The summed E-state index contributed by atoms with van der Waals surface area (Å²) >= 11 is 0.831. The van der Waals surface area contributed by atoms with Crippen molar-refractivity contribution in [3.8, 4) is 0 Å². The van der Waals surface area contributed by atoms with Gasteiger partial charge in [-0.15, -0.1) is 0 Å². The Morgan fingerprint density at radius 2 is 1.89 bits per heavy atom. The van der Waals surface area contributed by atoms with E-state index in [1.165, 1.54) is 24.3 Å². The number of imidazole rings is 1. The maximum absolute atomic E-state index is 15.2. The van der Waals surface area contributed by atoms with Gasteiger partial charge in [0.25, 0.3) is 5.78 Å². The lowest BCUT2D eigenvalue weighted by Gasteiger charge is -2.23. The van der Waals surface area contributed by atoms with Crippen molar-refractivity contribution >= 4 is 45.5 Å². The number of fused-ring (bicyclic) bond motifs is 1. The Morgan fingerprint density at radius 1 is 1.16 bits per heavy atom. The number of aromatic nitrogens is 3. The van der Waals surface area contributed by atoms with E-state index in [1.807, 2.05) is 0 Å². The topological polar surface area (TPSA) is 114 Å². The molecule has 1 atom stereocenters. The van der Waals surface area contributed by atoms with E-state index in [-0.39, 0.29) is 39.1 Å². The predicted molar refractivity (Wildman–Crippen MR) is 138 cm³/mol. The highest BCUT2D eigenvalue weighted by Crippen LogP contribution is 2.44. The summed E-state index contributed by atoms with van der Waals surface area (Å²) in [5.41, 5.74) is 1.04. The first-order valence-corrected chi connectivity index (χ1v) is 12.3. The number of carbonyl (C=O) groups excluding carboxylic acids is 3. The van der Waals surface area contributed by atoms with E-state index in [0.717, 1.165) is 16.2 Å². The van der Waals surface area contributed by atoms with Crippen LogP contribution < -0.4 is 4.90 Å². The van der Waals surface area contributed by atoms with Gasteiger partial charge in [0.1, 0.15) is 34.7 Å². The Kier molecular flexibility index (Phi) is 6.37. The van der Waals surface area contributed by atoms with Gasteiger partial charge in [-0.3, -0.25) is 18.9 Å². The number of amides is 1. The number of ketones is 1. The van der Waals surface area contributed by atoms with Crippen LogP contribution in [0.25, 0.3) is 11.4 Å². The second-order valence-corrected chi connectivity index (χ2v) is 9.44. The van der Waals surface area contributed by atoms with E-state index in [0.29, 0.717) is 11.3 Å². The Hall–Kier alpha value is -4.64. The van der Waals surface area contributed by atoms with Crippen LogP contribution >= 0.6 is 11.3 Å². The zero-order valence-electron chi connectivity index (χ0n) is 20.3. The summed E-state index contributed by atoms with van der Waals surface area (Å²) in [6.07, 6.45) is 3.07. The van der Waals surface area contributed by atoms with Gasteiger partial charge in [0.05, 0.1) is 17.0 Å². The van der Waals surface area contributed by atoms with Gasteiger partial charge < -0.3 is 9.84 Å². The number of aryl methyl sites for hydroxylation is 2. The fourth-order valence-electron chi connectivity index (χ4n) is 4.42. The van der Waals surface area contributed by atoms with Crippen LogP contribution in [0.1, 0.15) is 38.4 Å². The van der Waals surface area contributed by atoms with Crippen LogP contribution in [0.2, 0.25) is 0 Å². The van der Waals surface area contributed by atoms with E-state index in [4.69, 9.17) is 4.74 Å². The smallest absolute Gasteiger partial charge is 0.350 e. The van der Waals surface area contributed by atoms with Gasteiger partial charge in [-0.25, -0.2) is 19.2 Å². The normalized spacial score (nSPS) is 16.8. The molecule has 1 aromatic carbocycles. The number of nitrogens with zero attached hydrogens (tertiary/aromatic N) is 4. The van der Waals surface area contributed by atoms with Crippen molar-refractivity contribution in [2.75, 3.05) is 11.5 Å². The zero-order chi connectivity index (χ0) is 27.1. The first-order chi connectivity index (χ1) is 18.2. The minimum Gasteiger partial charge on any atom is -0.505 e. The highest BCUT2D eigenvalue weighted by atomic mass is 32.1. The molecule has 0 spiro atoms. The predicted octanol–water partition coefficient (Wildman–Crippen LogP) is 4.52. The third-order valence-corrected chi connectivity index (χ3v) is 7.22. The number of anilines is 1. The summed E-state index contributed by atoms with van der Waals surface area (Å²) in [5, 5.41) is 11.5. The first kappa shape index (κ1) is 25.0. The molecule has 1 unspecified atom stereocenters. The number of hydrogen-bond donors (Lipinski definition) is 1. The van der Waals surface area contributed by atoms with Gasteiger partial charge in [0.2, 0.25) is 0 Å². The van der Waals surface area contributed by atoms with Crippen LogP contribution in [0.5, 0.6) is 0 Å². The monoisotopic (exact) mass is 532 g/mol. The highest BCUT2D eigenvalue weighted by molar-refractivity contribution is 7.17. The second kappa shape index (κ2) is 9.67. The van der Waals surface area contributed by atoms with Crippen LogP contribution in [0, 0.1) is 19.7 Å². The summed E-state index contributed by atoms with van der Waals surface area (Å²) in [4.78, 5) is 49.3.